The van der Waals surface area contributed by atoms with Gasteiger partial charge in [0.15, 0.2) is 0 Å². The average Bonchev–Trinajstić information content (AvgIpc) is 2.28. The molecule has 17 heavy (non-hydrogen) atoms. The second-order valence-corrected chi connectivity index (χ2v) is 4.58. The lowest BCUT2D eigenvalue weighted by Gasteiger charge is -2.19. The first-order valence-electron chi connectivity index (χ1n) is 5.49. The van der Waals surface area contributed by atoms with E-state index in [4.69, 9.17) is 10.2 Å². The monoisotopic (exact) mass is 301 g/mol. The number of hydrogen-bond acceptors (Lipinski definition) is 3. The molecular weight excluding hydrogens is 286 g/mol. The summed E-state index contributed by atoms with van der Waals surface area (Å²) in [6, 6.07) is 5.29. The van der Waals surface area contributed by atoms with Gasteiger partial charge in [-0.25, -0.2) is 4.79 Å². The van der Waals surface area contributed by atoms with Crippen molar-refractivity contribution in [3.63, 3.8) is 0 Å². The molecule has 0 fully saturated rings. The summed E-state index contributed by atoms with van der Waals surface area (Å²) in [5, 5.41) is 21.2. The number of halogens is 1. The number of rotatable bonds is 6. The zero-order chi connectivity index (χ0) is 12.8. The number of aliphatic hydroxyl groups excluding tert-OH is 1. The molecule has 0 saturated heterocycles. The predicted molar refractivity (Wildman–Crippen MR) is 70.5 cm³/mol. The first-order chi connectivity index (χ1) is 8.10. The molecule has 0 aromatic heterocycles. The summed E-state index contributed by atoms with van der Waals surface area (Å²) in [4.78, 5) is 11.2. The minimum Gasteiger partial charge on any atom is -0.478 e. The lowest BCUT2D eigenvalue weighted by atomic mass is 10.1. The smallest absolute Gasteiger partial charge is 0.338 e. The Labute approximate surface area is 109 Å². The third-order valence-electron chi connectivity index (χ3n) is 2.56. The van der Waals surface area contributed by atoms with Crippen LogP contribution in [0.1, 0.15) is 30.1 Å². The number of carboxylic acid groups (broad SMARTS) is 1. The zero-order valence-corrected chi connectivity index (χ0v) is 11.2. The maximum absolute atomic E-state index is 11.2. The molecular formula is C12H16BrNO3. The van der Waals surface area contributed by atoms with Gasteiger partial charge in [0.1, 0.15) is 0 Å². The van der Waals surface area contributed by atoms with Gasteiger partial charge >= 0.3 is 5.97 Å². The van der Waals surface area contributed by atoms with Crippen LogP contribution in [0.4, 0.5) is 5.69 Å². The molecule has 0 saturated carbocycles. The van der Waals surface area contributed by atoms with Crippen molar-refractivity contribution in [1.29, 1.82) is 0 Å². The second kappa shape index (κ2) is 6.61. The molecule has 0 radical (unpaired) electrons. The molecule has 1 unspecified atom stereocenters. The van der Waals surface area contributed by atoms with Crippen LogP contribution < -0.4 is 5.32 Å². The first-order valence-corrected chi connectivity index (χ1v) is 6.28. The summed E-state index contributed by atoms with van der Waals surface area (Å²) in [6.07, 6.45) is 1.42. The Kier molecular flexibility index (Phi) is 5.44. The molecule has 4 nitrogen and oxygen atoms in total. The largest absolute Gasteiger partial charge is 0.478 e. The number of nitrogens with one attached hydrogen (secondary N) is 1. The van der Waals surface area contributed by atoms with Crippen molar-refractivity contribution in [1.82, 2.24) is 0 Å². The number of aliphatic hydroxyl groups is 1. The van der Waals surface area contributed by atoms with Crippen LogP contribution in [0.25, 0.3) is 0 Å². The van der Waals surface area contributed by atoms with Crippen molar-refractivity contribution in [3.8, 4) is 0 Å². The van der Waals surface area contributed by atoms with Crippen LogP contribution in [0, 0.1) is 0 Å². The maximum Gasteiger partial charge on any atom is 0.338 e. The quantitative estimate of drug-likeness (QED) is 0.755. The number of hydrogen-bond donors (Lipinski definition) is 3. The van der Waals surface area contributed by atoms with Gasteiger partial charge in [-0.3, -0.25) is 0 Å². The van der Waals surface area contributed by atoms with Crippen molar-refractivity contribution in [2.24, 2.45) is 0 Å². The van der Waals surface area contributed by atoms with Crippen molar-refractivity contribution < 1.29 is 15.0 Å². The van der Waals surface area contributed by atoms with E-state index in [1.54, 1.807) is 18.2 Å². The second-order valence-electron chi connectivity index (χ2n) is 3.73. The molecule has 0 aliphatic carbocycles. The molecule has 1 aromatic carbocycles. The van der Waals surface area contributed by atoms with Crippen LogP contribution in [-0.2, 0) is 0 Å². The minimum absolute atomic E-state index is 0.0763. The highest BCUT2D eigenvalue weighted by Gasteiger charge is 2.16. The lowest BCUT2D eigenvalue weighted by Crippen LogP contribution is -2.21. The summed E-state index contributed by atoms with van der Waals surface area (Å²) >= 11 is 3.23. The fourth-order valence-corrected chi connectivity index (χ4v) is 2.15. The highest BCUT2D eigenvalue weighted by Crippen LogP contribution is 2.26. The van der Waals surface area contributed by atoms with Crippen LogP contribution in [0.3, 0.4) is 0 Å². The Morgan fingerprint density at radius 1 is 1.53 bits per heavy atom. The van der Waals surface area contributed by atoms with E-state index >= 15 is 0 Å². The van der Waals surface area contributed by atoms with E-state index < -0.39 is 5.97 Å². The minimum atomic E-state index is -0.973. The predicted octanol–water partition coefficient (Wildman–Crippen LogP) is 2.72. The Morgan fingerprint density at radius 3 is 2.76 bits per heavy atom. The third-order valence-corrected chi connectivity index (χ3v) is 3.22. The fraction of sp³-hybridized carbons (Fsp3) is 0.417. The Balaban J connectivity index is 2.97. The zero-order valence-electron chi connectivity index (χ0n) is 9.61. The van der Waals surface area contributed by atoms with Gasteiger partial charge in [0, 0.05) is 17.1 Å². The molecule has 94 valence electrons. The van der Waals surface area contributed by atoms with Gasteiger partial charge < -0.3 is 15.5 Å². The maximum atomic E-state index is 11.2. The van der Waals surface area contributed by atoms with Crippen LogP contribution in [0.2, 0.25) is 0 Å². The number of carbonyl (C=O) groups is 1. The summed E-state index contributed by atoms with van der Waals surface area (Å²) in [6.45, 7) is 2.08. The Bertz CT molecular complexity index is 395. The van der Waals surface area contributed by atoms with E-state index in [9.17, 15) is 4.79 Å². The Morgan fingerprint density at radius 2 is 2.24 bits per heavy atom. The molecule has 0 heterocycles. The number of benzene rings is 1. The average molecular weight is 302 g/mol. The molecule has 5 heteroatoms. The van der Waals surface area contributed by atoms with Gasteiger partial charge in [-0.15, -0.1) is 0 Å². The highest BCUT2D eigenvalue weighted by molar-refractivity contribution is 9.10. The molecule has 3 N–H and O–H groups in total. The molecule has 1 atom stereocenters. The number of aromatic carboxylic acids is 1. The van der Waals surface area contributed by atoms with Gasteiger partial charge in [0.2, 0.25) is 0 Å². The number of anilines is 1. The van der Waals surface area contributed by atoms with Crippen molar-refractivity contribution in [2.45, 2.75) is 25.8 Å². The highest BCUT2D eigenvalue weighted by atomic mass is 79.9. The molecule has 0 spiro atoms. The lowest BCUT2D eigenvalue weighted by molar-refractivity contribution is 0.0697. The molecule has 0 amide bonds. The number of carboxylic acids is 1. The van der Waals surface area contributed by atoms with Crippen LogP contribution >= 0.6 is 15.9 Å². The summed E-state index contributed by atoms with van der Waals surface area (Å²) in [5.74, 6) is -0.973. The molecule has 0 aliphatic rings. The third kappa shape index (κ3) is 3.71. The summed E-state index contributed by atoms with van der Waals surface area (Å²) in [7, 11) is 0. The molecule has 0 aliphatic heterocycles. The molecule has 0 bridgehead atoms. The van der Waals surface area contributed by atoms with Gasteiger partial charge in [-0.05, 0) is 40.9 Å². The van der Waals surface area contributed by atoms with E-state index in [0.29, 0.717) is 16.6 Å². The normalized spacial score (nSPS) is 12.2. The summed E-state index contributed by atoms with van der Waals surface area (Å²) < 4.78 is 0.550. The van der Waals surface area contributed by atoms with E-state index in [1.165, 1.54) is 0 Å². The fourth-order valence-electron chi connectivity index (χ4n) is 1.62. The Hall–Kier alpha value is -1.07. The van der Waals surface area contributed by atoms with Gasteiger partial charge in [0.05, 0.1) is 11.3 Å². The van der Waals surface area contributed by atoms with Crippen molar-refractivity contribution in [3.05, 3.63) is 28.2 Å². The standard InChI is InChI=1S/C12H16BrNO3/c1-2-8(6-7-15)14-10-5-3-4-9(13)11(10)12(16)17/h3-5,8,14-15H,2,6-7H2,1H3,(H,16,17). The van der Waals surface area contributed by atoms with E-state index in [-0.39, 0.29) is 18.2 Å². The van der Waals surface area contributed by atoms with Crippen molar-refractivity contribution >= 4 is 27.6 Å². The summed E-state index contributed by atoms with van der Waals surface area (Å²) in [5.41, 5.74) is 0.802. The van der Waals surface area contributed by atoms with Crippen LogP contribution in [0.5, 0.6) is 0 Å². The SMILES string of the molecule is CCC(CCO)Nc1cccc(Br)c1C(=O)O. The van der Waals surface area contributed by atoms with E-state index in [1.807, 2.05) is 6.92 Å². The van der Waals surface area contributed by atoms with Gasteiger partial charge in [-0.2, -0.15) is 0 Å². The van der Waals surface area contributed by atoms with E-state index in [0.717, 1.165) is 6.42 Å². The van der Waals surface area contributed by atoms with Gasteiger partial charge in [0.25, 0.3) is 0 Å². The van der Waals surface area contributed by atoms with E-state index in [2.05, 4.69) is 21.2 Å². The van der Waals surface area contributed by atoms with Gasteiger partial charge in [-0.1, -0.05) is 13.0 Å². The van der Waals surface area contributed by atoms with Crippen LogP contribution in [0.15, 0.2) is 22.7 Å². The first kappa shape index (κ1) is 14.0. The van der Waals surface area contributed by atoms with Crippen molar-refractivity contribution in [2.75, 3.05) is 11.9 Å². The topological polar surface area (TPSA) is 69.6 Å². The van der Waals surface area contributed by atoms with Crippen LogP contribution in [-0.4, -0.2) is 28.8 Å². The molecule has 1 aromatic rings. The molecule has 1 rings (SSSR count).